The molecule has 33 heavy (non-hydrogen) atoms. The summed E-state index contributed by atoms with van der Waals surface area (Å²) in [6, 6.07) is 0. The Labute approximate surface area is 194 Å². The highest BCUT2D eigenvalue weighted by molar-refractivity contribution is 7.89. The quantitative estimate of drug-likeness (QED) is 0.715. The van der Waals surface area contributed by atoms with E-state index in [1.165, 1.54) is 6.20 Å². The third kappa shape index (κ3) is 3.10. The van der Waals surface area contributed by atoms with Gasteiger partial charge in [-0.3, -0.25) is 9.48 Å². The lowest BCUT2D eigenvalue weighted by atomic mass is 9.60. The van der Waals surface area contributed by atoms with Crippen LogP contribution < -0.4 is 5.32 Å². The van der Waals surface area contributed by atoms with Crippen molar-refractivity contribution >= 4 is 15.8 Å². The normalized spacial score (nSPS) is 26.3. The van der Waals surface area contributed by atoms with Gasteiger partial charge in [0.1, 0.15) is 4.90 Å². The van der Waals surface area contributed by atoms with Crippen LogP contribution in [-0.2, 0) is 27.8 Å². The number of aromatic nitrogens is 2. The Morgan fingerprint density at radius 1 is 1.09 bits per heavy atom. The lowest BCUT2D eigenvalue weighted by Crippen LogP contribution is -2.50. The second kappa shape index (κ2) is 7.09. The summed E-state index contributed by atoms with van der Waals surface area (Å²) in [7, 11) is -3.63. The standard InChI is InChI=1S/C23H30N6O3S/c1-22(2)11-16-20(18(30)12-22)23(15-13-24-27-21(15)26-16)6-9-28(10-7-23)33(31,32)19-14-25-29-8-4-3-5-17(19)29/h14,26H,3-13H2,1-2H3. The van der Waals surface area contributed by atoms with Gasteiger partial charge < -0.3 is 5.32 Å². The predicted octanol–water partition coefficient (Wildman–Crippen LogP) is 2.91. The number of ketones is 1. The van der Waals surface area contributed by atoms with Crippen molar-refractivity contribution in [3.05, 3.63) is 34.6 Å². The van der Waals surface area contributed by atoms with Gasteiger partial charge in [0, 0.05) is 48.3 Å². The van der Waals surface area contributed by atoms with E-state index in [0.29, 0.717) is 43.8 Å². The van der Waals surface area contributed by atoms with Crippen LogP contribution in [0.1, 0.15) is 58.1 Å². The number of nitrogens with zero attached hydrogens (tertiary/aromatic N) is 5. The molecule has 5 aliphatic rings. The Hall–Kier alpha value is -2.33. The number of dihydropyridines is 1. The number of aryl methyl sites for hydroxylation is 1. The minimum absolute atomic E-state index is 0.108. The van der Waals surface area contributed by atoms with Crippen LogP contribution in [0.4, 0.5) is 0 Å². The van der Waals surface area contributed by atoms with Crippen molar-refractivity contribution in [2.45, 2.75) is 70.2 Å². The number of hydrogen-bond donors (Lipinski definition) is 1. The highest BCUT2D eigenvalue weighted by Gasteiger charge is 2.53. The molecule has 1 spiro atoms. The van der Waals surface area contributed by atoms with E-state index in [0.717, 1.165) is 60.6 Å². The van der Waals surface area contributed by atoms with Crippen LogP contribution in [0.25, 0.3) is 0 Å². The number of fused-ring (bicyclic) bond motifs is 3. The number of allylic oxidation sites excluding steroid dienone is 2. The molecule has 10 heteroatoms. The number of nitrogens with one attached hydrogen (secondary N) is 1. The fourth-order valence-corrected chi connectivity index (χ4v) is 8.10. The van der Waals surface area contributed by atoms with Crippen LogP contribution in [0.5, 0.6) is 0 Å². The molecule has 0 saturated carbocycles. The zero-order valence-electron chi connectivity index (χ0n) is 19.2. The fraction of sp³-hybridized carbons (Fsp3) is 0.652. The van der Waals surface area contributed by atoms with Crippen molar-refractivity contribution in [2.75, 3.05) is 19.6 Å². The summed E-state index contributed by atoms with van der Waals surface area (Å²) in [4.78, 5) is 13.8. The minimum Gasteiger partial charge on any atom is -0.342 e. The molecule has 0 atom stereocenters. The molecule has 0 unspecified atom stereocenters. The van der Waals surface area contributed by atoms with Gasteiger partial charge in [-0.2, -0.15) is 14.5 Å². The van der Waals surface area contributed by atoms with E-state index in [9.17, 15) is 13.2 Å². The molecule has 5 heterocycles. The van der Waals surface area contributed by atoms with Gasteiger partial charge in [0.05, 0.1) is 18.4 Å². The van der Waals surface area contributed by atoms with E-state index < -0.39 is 15.4 Å². The monoisotopic (exact) mass is 470 g/mol. The van der Waals surface area contributed by atoms with Crippen molar-refractivity contribution in [1.29, 1.82) is 0 Å². The van der Waals surface area contributed by atoms with E-state index in [4.69, 9.17) is 0 Å². The molecular formula is C23H30N6O3S. The van der Waals surface area contributed by atoms with Gasteiger partial charge in [-0.15, -0.1) is 5.11 Å². The van der Waals surface area contributed by atoms with E-state index in [1.54, 1.807) is 4.31 Å². The maximum atomic E-state index is 13.6. The zero-order valence-corrected chi connectivity index (χ0v) is 20.0. The highest BCUT2D eigenvalue weighted by Crippen LogP contribution is 2.55. The second-order valence-electron chi connectivity index (χ2n) is 10.8. The van der Waals surface area contributed by atoms with Gasteiger partial charge in [-0.1, -0.05) is 13.8 Å². The molecule has 0 bridgehead atoms. The number of rotatable bonds is 2. The first kappa shape index (κ1) is 21.2. The molecular weight excluding hydrogens is 440 g/mol. The Morgan fingerprint density at radius 3 is 2.67 bits per heavy atom. The molecule has 1 N–H and O–H groups in total. The maximum Gasteiger partial charge on any atom is 0.246 e. The minimum atomic E-state index is -3.63. The van der Waals surface area contributed by atoms with Crippen LogP contribution in [0.15, 0.2) is 44.0 Å². The summed E-state index contributed by atoms with van der Waals surface area (Å²) < 4.78 is 30.6. The number of carbonyl (C=O) groups excluding carboxylic acids is 1. The fourth-order valence-electron chi connectivity index (χ4n) is 6.47. The molecule has 9 nitrogen and oxygen atoms in total. The van der Waals surface area contributed by atoms with Gasteiger partial charge in [-0.25, -0.2) is 8.42 Å². The molecule has 1 saturated heterocycles. The zero-order chi connectivity index (χ0) is 23.0. The van der Waals surface area contributed by atoms with Gasteiger partial charge in [0.2, 0.25) is 10.0 Å². The maximum absolute atomic E-state index is 13.6. The predicted molar refractivity (Wildman–Crippen MR) is 121 cm³/mol. The topological polar surface area (TPSA) is 109 Å². The Kier molecular flexibility index (Phi) is 4.56. The summed E-state index contributed by atoms with van der Waals surface area (Å²) in [6.45, 7) is 6.23. The second-order valence-corrected chi connectivity index (χ2v) is 12.7. The SMILES string of the molecule is CC1(C)CC(=O)C2=C(C1)NC1=C(CN=N1)C21CCN(S(=O)(=O)c2cnn3c2CCCC3)CC1. The number of sulfonamides is 1. The van der Waals surface area contributed by atoms with Crippen molar-refractivity contribution in [1.82, 2.24) is 19.4 Å². The number of azo groups is 1. The molecule has 1 aromatic rings. The lowest BCUT2D eigenvalue weighted by molar-refractivity contribution is -0.119. The summed E-state index contributed by atoms with van der Waals surface area (Å²) in [5, 5.41) is 16.3. The molecule has 1 aliphatic carbocycles. The third-order valence-electron chi connectivity index (χ3n) is 8.02. The highest BCUT2D eigenvalue weighted by atomic mass is 32.2. The summed E-state index contributed by atoms with van der Waals surface area (Å²) in [5.41, 5.74) is 3.11. The van der Waals surface area contributed by atoms with Crippen molar-refractivity contribution in [3.63, 3.8) is 0 Å². The number of carbonyl (C=O) groups is 1. The Morgan fingerprint density at radius 2 is 1.88 bits per heavy atom. The Bertz CT molecular complexity index is 1240. The average molecular weight is 471 g/mol. The van der Waals surface area contributed by atoms with Crippen LogP contribution >= 0.6 is 0 Å². The summed E-state index contributed by atoms with van der Waals surface area (Å²) in [5.74, 6) is 0.940. The number of hydrogen-bond acceptors (Lipinski definition) is 7. The number of piperidine rings is 1. The van der Waals surface area contributed by atoms with Crippen LogP contribution in [0.3, 0.4) is 0 Å². The van der Waals surface area contributed by atoms with E-state index in [1.807, 2.05) is 4.68 Å². The van der Waals surface area contributed by atoms with E-state index in [-0.39, 0.29) is 11.2 Å². The van der Waals surface area contributed by atoms with Crippen molar-refractivity contribution < 1.29 is 13.2 Å². The third-order valence-corrected chi connectivity index (χ3v) is 9.97. The van der Waals surface area contributed by atoms with Crippen LogP contribution in [0.2, 0.25) is 0 Å². The van der Waals surface area contributed by atoms with Gasteiger partial charge in [-0.05, 0) is 43.9 Å². The first-order valence-corrected chi connectivity index (χ1v) is 13.4. The molecule has 0 radical (unpaired) electrons. The van der Waals surface area contributed by atoms with Crippen LogP contribution in [-0.4, -0.2) is 47.9 Å². The average Bonchev–Trinajstić information content (AvgIpc) is 3.40. The molecule has 0 aromatic carbocycles. The molecule has 1 fully saturated rings. The molecule has 4 aliphatic heterocycles. The summed E-state index contributed by atoms with van der Waals surface area (Å²) in [6.07, 6.45) is 6.74. The van der Waals surface area contributed by atoms with Crippen LogP contribution in [0, 0.1) is 10.8 Å². The van der Waals surface area contributed by atoms with Crippen molar-refractivity contribution in [3.8, 4) is 0 Å². The molecule has 1 aromatic heterocycles. The molecule has 0 amide bonds. The first-order valence-electron chi connectivity index (χ1n) is 11.9. The van der Waals surface area contributed by atoms with E-state index in [2.05, 4.69) is 34.5 Å². The van der Waals surface area contributed by atoms with Gasteiger partial charge in [0.25, 0.3) is 0 Å². The number of Topliss-reactive ketones (excluding diaryl/α,β-unsaturated/α-hetero) is 1. The Balaban J connectivity index is 1.33. The van der Waals surface area contributed by atoms with E-state index >= 15 is 0 Å². The molecule has 6 rings (SSSR count). The smallest absolute Gasteiger partial charge is 0.246 e. The largest absolute Gasteiger partial charge is 0.342 e. The first-order chi connectivity index (χ1) is 15.7. The van der Waals surface area contributed by atoms with Crippen molar-refractivity contribution in [2.24, 2.45) is 21.1 Å². The summed E-state index contributed by atoms with van der Waals surface area (Å²) >= 11 is 0. The van der Waals surface area contributed by atoms with Gasteiger partial charge in [0.15, 0.2) is 11.6 Å². The lowest BCUT2D eigenvalue weighted by Gasteiger charge is -2.48. The molecule has 176 valence electrons. The van der Waals surface area contributed by atoms with Gasteiger partial charge >= 0.3 is 0 Å².